The number of fused-ring (bicyclic) bond motifs is 1. The quantitative estimate of drug-likeness (QED) is 0.899. The van der Waals surface area contributed by atoms with Crippen LogP contribution < -0.4 is 0 Å². The van der Waals surface area contributed by atoms with E-state index in [0.717, 1.165) is 10.9 Å². The standard InChI is InChI=1S/C13H13NO4S/c15-13(16)5-6-19(17,18)9-10-7-11-3-1-2-4-12(11)14-8-10/h1-4,7-8H,5-6,9H2,(H,15,16). The van der Waals surface area contributed by atoms with Crippen LogP contribution in [-0.2, 0) is 20.4 Å². The largest absolute Gasteiger partial charge is 0.481 e. The SMILES string of the molecule is O=C(O)CCS(=O)(=O)Cc1cnc2ccccc2c1. The minimum Gasteiger partial charge on any atom is -0.481 e. The molecule has 0 saturated carbocycles. The molecule has 1 aromatic carbocycles. The molecule has 5 nitrogen and oxygen atoms in total. The number of hydrogen-bond acceptors (Lipinski definition) is 4. The smallest absolute Gasteiger partial charge is 0.304 e. The van der Waals surface area contributed by atoms with Crippen LogP contribution in [0.1, 0.15) is 12.0 Å². The predicted molar refractivity (Wildman–Crippen MR) is 71.5 cm³/mol. The average molecular weight is 279 g/mol. The molecule has 2 aromatic rings. The van der Waals surface area contributed by atoms with Gasteiger partial charge in [0.25, 0.3) is 0 Å². The number of benzene rings is 1. The van der Waals surface area contributed by atoms with E-state index in [-0.39, 0.29) is 17.9 Å². The van der Waals surface area contributed by atoms with E-state index in [0.29, 0.717) is 5.56 Å². The predicted octanol–water partition coefficient (Wildman–Crippen LogP) is 1.62. The van der Waals surface area contributed by atoms with E-state index in [9.17, 15) is 13.2 Å². The summed E-state index contributed by atoms with van der Waals surface area (Å²) in [4.78, 5) is 14.6. The molecule has 0 atom stereocenters. The number of pyridine rings is 1. The number of para-hydroxylation sites is 1. The van der Waals surface area contributed by atoms with Crippen LogP contribution in [0.4, 0.5) is 0 Å². The normalized spacial score (nSPS) is 11.6. The number of rotatable bonds is 5. The van der Waals surface area contributed by atoms with Crippen LogP contribution in [0.15, 0.2) is 36.5 Å². The van der Waals surface area contributed by atoms with Gasteiger partial charge >= 0.3 is 5.97 Å². The highest BCUT2D eigenvalue weighted by Crippen LogP contribution is 2.15. The number of aliphatic carboxylic acids is 1. The monoisotopic (exact) mass is 279 g/mol. The third-order valence-corrected chi connectivity index (χ3v) is 4.26. The summed E-state index contributed by atoms with van der Waals surface area (Å²) in [6, 6.07) is 9.18. The lowest BCUT2D eigenvalue weighted by Crippen LogP contribution is -2.13. The molecule has 0 unspecified atom stereocenters. The Hall–Kier alpha value is -1.95. The summed E-state index contributed by atoms with van der Waals surface area (Å²) < 4.78 is 23.5. The van der Waals surface area contributed by atoms with Crippen molar-refractivity contribution >= 4 is 26.7 Å². The molecule has 0 fully saturated rings. The number of carboxylic acid groups (broad SMARTS) is 1. The zero-order valence-corrected chi connectivity index (χ0v) is 10.9. The molecule has 19 heavy (non-hydrogen) atoms. The first kappa shape index (κ1) is 13.5. The first-order valence-corrected chi connectivity index (χ1v) is 7.54. The number of aromatic nitrogens is 1. The highest BCUT2D eigenvalue weighted by Gasteiger charge is 2.14. The maximum atomic E-state index is 11.7. The molecule has 0 aliphatic heterocycles. The fourth-order valence-corrected chi connectivity index (χ4v) is 3.06. The van der Waals surface area contributed by atoms with Crippen molar-refractivity contribution in [1.82, 2.24) is 4.98 Å². The summed E-state index contributed by atoms with van der Waals surface area (Å²) in [5, 5.41) is 9.38. The van der Waals surface area contributed by atoms with Crippen LogP contribution in [0, 0.1) is 0 Å². The molecule has 0 radical (unpaired) electrons. The Kier molecular flexibility index (Phi) is 3.80. The molecule has 2 rings (SSSR count). The first-order valence-electron chi connectivity index (χ1n) is 5.72. The lowest BCUT2D eigenvalue weighted by molar-refractivity contribution is -0.136. The Morgan fingerprint density at radius 2 is 2.00 bits per heavy atom. The van der Waals surface area contributed by atoms with Crippen molar-refractivity contribution in [3.8, 4) is 0 Å². The van der Waals surface area contributed by atoms with Crippen molar-refractivity contribution in [3.63, 3.8) is 0 Å². The molecule has 0 spiro atoms. The zero-order chi connectivity index (χ0) is 13.9. The minimum atomic E-state index is -3.42. The maximum Gasteiger partial charge on any atom is 0.304 e. The highest BCUT2D eigenvalue weighted by atomic mass is 32.2. The molecule has 0 bridgehead atoms. The van der Waals surface area contributed by atoms with Crippen LogP contribution in [-0.4, -0.2) is 30.2 Å². The second kappa shape index (κ2) is 5.36. The van der Waals surface area contributed by atoms with Gasteiger partial charge in [-0.3, -0.25) is 9.78 Å². The fraction of sp³-hybridized carbons (Fsp3) is 0.231. The zero-order valence-electron chi connectivity index (χ0n) is 10.1. The minimum absolute atomic E-state index is 0.182. The summed E-state index contributed by atoms with van der Waals surface area (Å²) in [7, 11) is -3.42. The van der Waals surface area contributed by atoms with Gasteiger partial charge in [-0.2, -0.15) is 0 Å². The fourth-order valence-electron chi connectivity index (χ4n) is 1.76. The summed E-state index contributed by atoms with van der Waals surface area (Å²) in [5.74, 6) is -1.65. The van der Waals surface area contributed by atoms with Gasteiger partial charge < -0.3 is 5.11 Å². The third-order valence-electron chi connectivity index (χ3n) is 2.66. The Labute approximate surface area is 110 Å². The van der Waals surface area contributed by atoms with Crippen molar-refractivity contribution in [2.24, 2.45) is 0 Å². The topological polar surface area (TPSA) is 84.3 Å². The van der Waals surface area contributed by atoms with Crippen molar-refractivity contribution in [2.75, 3.05) is 5.75 Å². The Morgan fingerprint density at radius 3 is 2.74 bits per heavy atom. The van der Waals surface area contributed by atoms with Gasteiger partial charge in [-0.05, 0) is 17.7 Å². The van der Waals surface area contributed by atoms with Crippen molar-refractivity contribution in [2.45, 2.75) is 12.2 Å². The van der Waals surface area contributed by atoms with Gasteiger partial charge in [0.1, 0.15) is 0 Å². The van der Waals surface area contributed by atoms with Gasteiger partial charge in [0.15, 0.2) is 9.84 Å². The molecular formula is C13H13NO4S. The third kappa shape index (κ3) is 3.75. The molecular weight excluding hydrogens is 266 g/mol. The van der Waals surface area contributed by atoms with Gasteiger partial charge in [-0.1, -0.05) is 18.2 Å². The highest BCUT2D eigenvalue weighted by molar-refractivity contribution is 7.90. The van der Waals surface area contributed by atoms with E-state index in [1.54, 1.807) is 6.07 Å². The molecule has 100 valence electrons. The summed E-state index contributed by atoms with van der Waals surface area (Å²) in [6.07, 6.45) is 1.14. The van der Waals surface area contributed by atoms with Gasteiger partial charge in [0.2, 0.25) is 0 Å². The molecule has 1 N–H and O–H groups in total. The second-order valence-corrected chi connectivity index (χ2v) is 6.46. The molecule has 0 aliphatic carbocycles. The van der Waals surface area contributed by atoms with E-state index in [4.69, 9.17) is 5.11 Å². The van der Waals surface area contributed by atoms with Crippen molar-refractivity contribution < 1.29 is 18.3 Å². The van der Waals surface area contributed by atoms with Crippen molar-refractivity contribution in [1.29, 1.82) is 0 Å². The number of sulfone groups is 1. The van der Waals surface area contributed by atoms with E-state index < -0.39 is 15.8 Å². The molecule has 1 heterocycles. The first-order chi connectivity index (χ1) is 8.96. The number of carbonyl (C=O) groups is 1. The lowest BCUT2D eigenvalue weighted by atomic mass is 10.2. The van der Waals surface area contributed by atoms with E-state index in [2.05, 4.69) is 4.98 Å². The van der Waals surface area contributed by atoms with Gasteiger partial charge in [-0.15, -0.1) is 0 Å². The second-order valence-electron chi connectivity index (χ2n) is 4.27. The lowest BCUT2D eigenvalue weighted by Gasteiger charge is -2.04. The molecule has 0 aliphatic rings. The number of hydrogen-bond donors (Lipinski definition) is 1. The number of nitrogens with zero attached hydrogens (tertiary/aromatic N) is 1. The van der Waals surface area contributed by atoms with Crippen LogP contribution in [0.25, 0.3) is 10.9 Å². The van der Waals surface area contributed by atoms with E-state index in [1.165, 1.54) is 6.20 Å². The Balaban J connectivity index is 2.19. The van der Waals surface area contributed by atoms with Gasteiger partial charge in [0, 0.05) is 11.6 Å². The van der Waals surface area contributed by atoms with Crippen LogP contribution >= 0.6 is 0 Å². The number of carboxylic acids is 1. The van der Waals surface area contributed by atoms with Crippen LogP contribution in [0.3, 0.4) is 0 Å². The van der Waals surface area contributed by atoms with E-state index >= 15 is 0 Å². The van der Waals surface area contributed by atoms with Crippen molar-refractivity contribution in [3.05, 3.63) is 42.1 Å². The Morgan fingerprint density at radius 1 is 1.26 bits per heavy atom. The summed E-state index contributed by atoms with van der Waals surface area (Å²) >= 11 is 0. The summed E-state index contributed by atoms with van der Waals surface area (Å²) in [5.41, 5.74) is 1.37. The molecule has 0 saturated heterocycles. The van der Waals surface area contributed by atoms with Crippen LogP contribution in [0.5, 0.6) is 0 Å². The molecule has 6 heteroatoms. The van der Waals surface area contributed by atoms with Gasteiger partial charge in [0.05, 0.1) is 23.4 Å². The summed E-state index contributed by atoms with van der Waals surface area (Å²) in [6.45, 7) is 0. The van der Waals surface area contributed by atoms with Gasteiger partial charge in [-0.25, -0.2) is 8.42 Å². The molecule has 1 aromatic heterocycles. The van der Waals surface area contributed by atoms with Crippen LogP contribution in [0.2, 0.25) is 0 Å². The van der Waals surface area contributed by atoms with E-state index in [1.807, 2.05) is 24.3 Å². The molecule has 0 amide bonds. The average Bonchev–Trinajstić information content (AvgIpc) is 2.36. The Bertz CT molecular complexity index is 709. The maximum absolute atomic E-state index is 11.7.